The van der Waals surface area contributed by atoms with Crippen molar-refractivity contribution in [1.29, 1.82) is 0 Å². The maximum Gasteiger partial charge on any atom is 0.0151 e. The molecule has 1 nitrogen and oxygen atoms in total. The van der Waals surface area contributed by atoms with E-state index in [0.29, 0.717) is 0 Å². The molecule has 0 radical (unpaired) electrons. The molecule has 12 heavy (non-hydrogen) atoms. The Morgan fingerprint density at radius 1 is 1.33 bits per heavy atom. The Labute approximate surface area is 76.7 Å². The van der Waals surface area contributed by atoms with Gasteiger partial charge in [0.1, 0.15) is 0 Å². The van der Waals surface area contributed by atoms with Crippen molar-refractivity contribution in [3.05, 3.63) is 0 Å². The van der Waals surface area contributed by atoms with Crippen LogP contribution in [0.15, 0.2) is 0 Å². The van der Waals surface area contributed by atoms with Crippen LogP contribution < -0.4 is 5.73 Å². The van der Waals surface area contributed by atoms with Crippen molar-refractivity contribution in [2.75, 3.05) is 0 Å². The highest BCUT2D eigenvalue weighted by molar-refractivity contribution is 4.89. The number of hydrogen-bond donors (Lipinski definition) is 1. The standard InChI is InChI=1S/C11H23N/c1-4-11(12)7-5-10(6-8-11)9(2)3/h9-10H,4-8,12H2,1-3H3. The van der Waals surface area contributed by atoms with Crippen molar-refractivity contribution in [2.45, 2.75) is 58.4 Å². The lowest BCUT2D eigenvalue weighted by molar-refractivity contribution is 0.191. The van der Waals surface area contributed by atoms with Crippen molar-refractivity contribution >= 4 is 0 Å². The molecule has 0 aromatic rings. The third kappa shape index (κ3) is 2.22. The molecule has 0 aromatic carbocycles. The summed E-state index contributed by atoms with van der Waals surface area (Å²) in [6.45, 7) is 6.88. The van der Waals surface area contributed by atoms with Gasteiger partial charge in [-0.05, 0) is 43.9 Å². The molecule has 2 N–H and O–H groups in total. The number of hydrogen-bond acceptors (Lipinski definition) is 1. The lowest BCUT2D eigenvalue weighted by Gasteiger charge is -2.38. The van der Waals surface area contributed by atoms with E-state index in [0.717, 1.165) is 18.3 Å². The smallest absolute Gasteiger partial charge is 0.0151 e. The summed E-state index contributed by atoms with van der Waals surface area (Å²) < 4.78 is 0. The Hall–Kier alpha value is -0.0400. The molecule has 0 aromatic heterocycles. The van der Waals surface area contributed by atoms with Crippen molar-refractivity contribution in [3.8, 4) is 0 Å². The molecule has 1 aliphatic rings. The SMILES string of the molecule is CCC1(N)CCC(C(C)C)CC1. The molecule has 1 aliphatic carbocycles. The predicted octanol–water partition coefficient (Wildman–Crippen LogP) is 2.94. The van der Waals surface area contributed by atoms with Crippen LogP contribution in [0.4, 0.5) is 0 Å². The first kappa shape index (κ1) is 10.0. The summed E-state index contributed by atoms with van der Waals surface area (Å²) in [5, 5.41) is 0. The lowest BCUT2D eigenvalue weighted by Crippen LogP contribution is -2.43. The first-order valence-corrected chi connectivity index (χ1v) is 5.36. The van der Waals surface area contributed by atoms with E-state index < -0.39 is 0 Å². The molecule has 0 spiro atoms. The third-order valence-electron chi connectivity index (χ3n) is 3.67. The number of rotatable bonds is 2. The third-order valence-corrected chi connectivity index (χ3v) is 3.67. The second-order valence-electron chi connectivity index (χ2n) is 4.80. The Balaban J connectivity index is 2.39. The normalized spacial score (nSPS) is 37.2. The van der Waals surface area contributed by atoms with Gasteiger partial charge in [0.25, 0.3) is 0 Å². The zero-order chi connectivity index (χ0) is 9.19. The van der Waals surface area contributed by atoms with Crippen LogP contribution in [0.1, 0.15) is 52.9 Å². The minimum absolute atomic E-state index is 0.186. The topological polar surface area (TPSA) is 26.0 Å². The molecule has 1 rings (SSSR count). The van der Waals surface area contributed by atoms with Crippen LogP contribution in [0.5, 0.6) is 0 Å². The molecule has 1 saturated carbocycles. The predicted molar refractivity (Wildman–Crippen MR) is 54.0 cm³/mol. The van der Waals surface area contributed by atoms with Crippen molar-refractivity contribution in [3.63, 3.8) is 0 Å². The van der Waals surface area contributed by atoms with Gasteiger partial charge in [-0.15, -0.1) is 0 Å². The summed E-state index contributed by atoms with van der Waals surface area (Å²) in [4.78, 5) is 0. The average molecular weight is 169 g/mol. The first-order valence-electron chi connectivity index (χ1n) is 5.36. The molecule has 0 bridgehead atoms. The van der Waals surface area contributed by atoms with E-state index in [1.807, 2.05) is 0 Å². The van der Waals surface area contributed by atoms with Gasteiger partial charge in [0.2, 0.25) is 0 Å². The summed E-state index contributed by atoms with van der Waals surface area (Å²) in [6, 6.07) is 0. The number of nitrogens with two attached hydrogens (primary N) is 1. The quantitative estimate of drug-likeness (QED) is 0.675. The van der Waals surface area contributed by atoms with Gasteiger partial charge in [-0.2, -0.15) is 0 Å². The summed E-state index contributed by atoms with van der Waals surface area (Å²) in [5.74, 6) is 1.79. The highest BCUT2D eigenvalue weighted by Gasteiger charge is 2.30. The van der Waals surface area contributed by atoms with E-state index in [1.165, 1.54) is 25.7 Å². The van der Waals surface area contributed by atoms with Gasteiger partial charge in [-0.3, -0.25) is 0 Å². The van der Waals surface area contributed by atoms with Crippen molar-refractivity contribution in [2.24, 2.45) is 17.6 Å². The first-order chi connectivity index (χ1) is 5.57. The molecule has 0 amide bonds. The van der Waals surface area contributed by atoms with Crippen LogP contribution in [0.3, 0.4) is 0 Å². The van der Waals surface area contributed by atoms with Crippen LogP contribution in [0.25, 0.3) is 0 Å². The van der Waals surface area contributed by atoms with Crippen LogP contribution in [0.2, 0.25) is 0 Å². The molecule has 0 unspecified atom stereocenters. The van der Waals surface area contributed by atoms with Gasteiger partial charge in [-0.1, -0.05) is 20.8 Å². The van der Waals surface area contributed by atoms with E-state index in [9.17, 15) is 0 Å². The van der Waals surface area contributed by atoms with Crippen LogP contribution in [-0.4, -0.2) is 5.54 Å². The fraction of sp³-hybridized carbons (Fsp3) is 1.00. The van der Waals surface area contributed by atoms with Crippen molar-refractivity contribution < 1.29 is 0 Å². The zero-order valence-electron chi connectivity index (χ0n) is 8.77. The van der Waals surface area contributed by atoms with E-state index in [4.69, 9.17) is 5.73 Å². The summed E-state index contributed by atoms with van der Waals surface area (Å²) in [5.41, 5.74) is 6.41. The lowest BCUT2D eigenvalue weighted by atomic mass is 9.72. The molecular formula is C11H23N. The Morgan fingerprint density at radius 3 is 2.17 bits per heavy atom. The van der Waals surface area contributed by atoms with Gasteiger partial charge >= 0.3 is 0 Å². The Kier molecular flexibility index (Phi) is 3.16. The van der Waals surface area contributed by atoms with E-state index in [1.54, 1.807) is 0 Å². The van der Waals surface area contributed by atoms with Crippen LogP contribution in [0, 0.1) is 11.8 Å². The second kappa shape index (κ2) is 3.78. The molecule has 0 atom stereocenters. The van der Waals surface area contributed by atoms with Crippen LogP contribution >= 0.6 is 0 Å². The molecule has 1 fully saturated rings. The second-order valence-corrected chi connectivity index (χ2v) is 4.80. The maximum atomic E-state index is 6.22. The highest BCUT2D eigenvalue weighted by atomic mass is 14.7. The van der Waals surface area contributed by atoms with Gasteiger partial charge in [0.05, 0.1) is 0 Å². The van der Waals surface area contributed by atoms with Crippen molar-refractivity contribution in [1.82, 2.24) is 0 Å². The Bertz CT molecular complexity index is 132. The maximum absolute atomic E-state index is 6.22. The molecular weight excluding hydrogens is 146 g/mol. The average Bonchev–Trinajstić information content (AvgIpc) is 2.05. The fourth-order valence-electron chi connectivity index (χ4n) is 2.24. The minimum Gasteiger partial charge on any atom is -0.325 e. The molecule has 1 heteroatoms. The molecule has 72 valence electrons. The fourth-order valence-corrected chi connectivity index (χ4v) is 2.24. The van der Waals surface area contributed by atoms with E-state index in [-0.39, 0.29) is 5.54 Å². The van der Waals surface area contributed by atoms with E-state index in [2.05, 4.69) is 20.8 Å². The highest BCUT2D eigenvalue weighted by Crippen LogP contribution is 2.35. The van der Waals surface area contributed by atoms with Gasteiger partial charge in [0, 0.05) is 5.54 Å². The molecule has 0 heterocycles. The van der Waals surface area contributed by atoms with Gasteiger partial charge < -0.3 is 5.73 Å². The summed E-state index contributed by atoms with van der Waals surface area (Å²) >= 11 is 0. The van der Waals surface area contributed by atoms with Crippen LogP contribution in [-0.2, 0) is 0 Å². The Morgan fingerprint density at radius 2 is 1.83 bits per heavy atom. The van der Waals surface area contributed by atoms with E-state index >= 15 is 0 Å². The largest absolute Gasteiger partial charge is 0.325 e. The monoisotopic (exact) mass is 169 g/mol. The minimum atomic E-state index is 0.186. The van der Waals surface area contributed by atoms with Gasteiger partial charge in [0.15, 0.2) is 0 Å². The summed E-state index contributed by atoms with van der Waals surface area (Å²) in [6.07, 6.45) is 6.33. The molecule has 0 saturated heterocycles. The van der Waals surface area contributed by atoms with Gasteiger partial charge in [-0.25, -0.2) is 0 Å². The zero-order valence-corrected chi connectivity index (χ0v) is 8.77. The summed E-state index contributed by atoms with van der Waals surface area (Å²) in [7, 11) is 0. The molecule has 0 aliphatic heterocycles.